The molecule has 3 heteroatoms. The van der Waals surface area contributed by atoms with Crippen LogP contribution in [0.5, 0.6) is 0 Å². The summed E-state index contributed by atoms with van der Waals surface area (Å²) < 4.78 is 5.51. The van der Waals surface area contributed by atoms with Crippen LogP contribution in [0.1, 0.15) is 19.4 Å². The molecule has 0 heterocycles. The van der Waals surface area contributed by atoms with Gasteiger partial charge in [-0.2, -0.15) is 0 Å². The molecule has 1 atom stereocenters. The van der Waals surface area contributed by atoms with Crippen LogP contribution in [0.15, 0.2) is 42.0 Å². The van der Waals surface area contributed by atoms with E-state index in [1.807, 2.05) is 37.3 Å². The maximum atomic E-state index is 10.6. The van der Waals surface area contributed by atoms with Crippen LogP contribution in [-0.4, -0.2) is 17.2 Å². The van der Waals surface area contributed by atoms with Gasteiger partial charge in [0, 0.05) is 5.57 Å². The molecule has 0 saturated carbocycles. The van der Waals surface area contributed by atoms with Crippen LogP contribution in [-0.2, 0) is 16.1 Å². The van der Waals surface area contributed by atoms with Crippen LogP contribution in [0.2, 0.25) is 0 Å². The summed E-state index contributed by atoms with van der Waals surface area (Å²) in [5.41, 5.74) is 1.39. The molecule has 16 heavy (non-hydrogen) atoms. The SMILES string of the molecule is C/C(=C\C(C)OCc1ccccc1)C(=O)O. The van der Waals surface area contributed by atoms with Crippen LogP contribution in [0.4, 0.5) is 0 Å². The normalized spacial score (nSPS) is 13.5. The number of carbonyl (C=O) groups is 1. The number of hydrogen-bond donors (Lipinski definition) is 1. The van der Waals surface area contributed by atoms with Gasteiger partial charge in [-0.1, -0.05) is 30.3 Å². The minimum absolute atomic E-state index is 0.198. The third-order valence-corrected chi connectivity index (χ3v) is 2.18. The summed E-state index contributed by atoms with van der Waals surface area (Å²) in [5, 5.41) is 8.69. The minimum Gasteiger partial charge on any atom is -0.478 e. The Bertz CT molecular complexity index is 368. The fraction of sp³-hybridized carbons (Fsp3) is 0.308. The number of carboxylic acid groups (broad SMARTS) is 1. The summed E-state index contributed by atoms with van der Waals surface area (Å²) in [6.07, 6.45) is 1.40. The standard InChI is InChI=1S/C13H16O3/c1-10(13(14)15)8-11(2)16-9-12-6-4-3-5-7-12/h3-8,11H,9H2,1-2H3,(H,14,15)/b10-8+. The van der Waals surface area contributed by atoms with E-state index in [-0.39, 0.29) is 6.10 Å². The zero-order valence-electron chi connectivity index (χ0n) is 9.51. The topological polar surface area (TPSA) is 46.5 Å². The molecule has 0 aliphatic carbocycles. The zero-order chi connectivity index (χ0) is 12.0. The van der Waals surface area contributed by atoms with Gasteiger partial charge in [0.25, 0.3) is 0 Å². The summed E-state index contributed by atoms with van der Waals surface area (Å²) >= 11 is 0. The number of benzene rings is 1. The largest absolute Gasteiger partial charge is 0.478 e. The molecule has 0 amide bonds. The average molecular weight is 220 g/mol. The monoisotopic (exact) mass is 220 g/mol. The molecule has 0 spiro atoms. The average Bonchev–Trinajstić information content (AvgIpc) is 2.27. The molecule has 86 valence electrons. The molecule has 0 aliphatic heterocycles. The van der Waals surface area contributed by atoms with Gasteiger partial charge in [-0.05, 0) is 25.5 Å². The van der Waals surface area contributed by atoms with Gasteiger partial charge in [-0.25, -0.2) is 4.79 Å². The highest BCUT2D eigenvalue weighted by Crippen LogP contribution is 2.05. The van der Waals surface area contributed by atoms with Crippen molar-refractivity contribution in [3.8, 4) is 0 Å². The van der Waals surface area contributed by atoms with Gasteiger partial charge in [0.1, 0.15) is 0 Å². The second-order valence-corrected chi connectivity index (χ2v) is 3.66. The highest BCUT2D eigenvalue weighted by Gasteiger charge is 2.04. The fourth-order valence-corrected chi connectivity index (χ4v) is 1.27. The van der Waals surface area contributed by atoms with Crippen molar-refractivity contribution in [3.05, 3.63) is 47.5 Å². The Hall–Kier alpha value is -1.61. The predicted octanol–water partition coefficient (Wildman–Crippen LogP) is 2.62. The zero-order valence-corrected chi connectivity index (χ0v) is 9.51. The molecule has 0 saturated heterocycles. The van der Waals surface area contributed by atoms with Gasteiger partial charge >= 0.3 is 5.97 Å². The van der Waals surface area contributed by atoms with Crippen LogP contribution < -0.4 is 0 Å². The maximum Gasteiger partial charge on any atom is 0.331 e. The Morgan fingerprint density at radius 1 is 1.44 bits per heavy atom. The Morgan fingerprint density at radius 3 is 2.62 bits per heavy atom. The molecule has 0 fully saturated rings. The molecule has 0 aliphatic rings. The first-order chi connectivity index (χ1) is 7.59. The van der Waals surface area contributed by atoms with E-state index in [0.29, 0.717) is 12.2 Å². The van der Waals surface area contributed by atoms with Crippen LogP contribution in [0.3, 0.4) is 0 Å². The van der Waals surface area contributed by atoms with Gasteiger partial charge in [0.2, 0.25) is 0 Å². The van der Waals surface area contributed by atoms with E-state index < -0.39 is 5.97 Å². The van der Waals surface area contributed by atoms with Gasteiger partial charge in [0.05, 0.1) is 12.7 Å². The molecule has 0 aromatic heterocycles. The first-order valence-electron chi connectivity index (χ1n) is 5.17. The predicted molar refractivity (Wildman–Crippen MR) is 62.1 cm³/mol. The fourth-order valence-electron chi connectivity index (χ4n) is 1.27. The number of carboxylic acids is 1. The van der Waals surface area contributed by atoms with Crippen LogP contribution in [0.25, 0.3) is 0 Å². The molecule has 1 aromatic rings. The van der Waals surface area contributed by atoms with Crippen molar-refractivity contribution in [1.82, 2.24) is 0 Å². The Morgan fingerprint density at radius 2 is 2.06 bits per heavy atom. The van der Waals surface area contributed by atoms with Crippen molar-refractivity contribution in [2.24, 2.45) is 0 Å². The van der Waals surface area contributed by atoms with Crippen LogP contribution >= 0.6 is 0 Å². The molecule has 0 bridgehead atoms. The van der Waals surface area contributed by atoms with E-state index in [9.17, 15) is 4.79 Å². The third-order valence-electron chi connectivity index (χ3n) is 2.18. The first-order valence-corrected chi connectivity index (χ1v) is 5.17. The van der Waals surface area contributed by atoms with Crippen molar-refractivity contribution in [2.75, 3.05) is 0 Å². The molecule has 0 radical (unpaired) electrons. The lowest BCUT2D eigenvalue weighted by Gasteiger charge is -2.09. The maximum absolute atomic E-state index is 10.6. The highest BCUT2D eigenvalue weighted by molar-refractivity contribution is 5.85. The molecule has 1 unspecified atom stereocenters. The quantitative estimate of drug-likeness (QED) is 0.776. The Labute approximate surface area is 95.4 Å². The Balaban J connectivity index is 2.45. The van der Waals surface area contributed by atoms with Crippen molar-refractivity contribution in [1.29, 1.82) is 0 Å². The number of ether oxygens (including phenoxy) is 1. The van der Waals surface area contributed by atoms with Crippen LogP contribution in [0, 0.1) is 0 Å². The minimum atomic E-state index is -0.907. The van der Waals surface area contributed by atoms with E-state index in [4.69, 9.17) is 9.84 Å². The number of hydrogen-bond acceptors (Lipinski definition) is 2. The summed E-state index contributed by atoms with van der Waals surface area (Å²) in [5.74, 6) is -0.907. The summed E-state index contributed by atoms with van der Waals surface area (Å²) in [6, 6.07) is 9.78. The Kier molecular flexibility index (Phi) is 4.73. The van der Waals surface area contributed by atoms with E-state index in [1.165, 1.54) is 0 Å². The molecular formula is C13H16O3. The first kappa shape index (κ1) is 12.5. The number of aliphatic carboxylic acids is 1. The smallest absolute Gasteiger partial charge is 0.331 e. The molecular weight excluding hydrogens is 204 g/mol. The highest BCUT2D eigenvalue weighted by atomic mass is 16.5. The molecule has 3 nitrogen and oxygen atoms in total. The van der Waals surface area contributed by atoms with Gasteiger partial charge in [-0.15, -0.1) is 0 Å². The molecule has 1 rings (SSSR count). The lowest BCUT2D eigenvalue weighted by molar-refractivity contribution is -0.132. The van der Waals surface area contributed by atoms with Crippen molar-refractivity contribution < 1.29 is 14.6 Å². The van der Waals surface area contributed by atoms with E-state index in [1.54, 1.807) is 13.0 Å². The lowest BCUT2D eigenvalue weighted by Crippen LogP contribution is -2.08. The van der Waals surface area contributed by atoms with Crippen molar-refractivity contribution in [2.45, 2.75) is 26.6 Å². The number of rotatable bonds is 5. The lowest BCUT2D eigenvalue weighted by atomic mass is 10.2. The van der Waals surface area contributed by atoms with E-state index in [2.05, 4.69) is 0 Å². The second-order valence-electron chi connectivity index (χ2n) is 3.66. The van der Waals surface area contributed by atoms with Gasteiger partial charge < -0.3 is 9.84 Å². The van der Waals surface area contributed by atoms with Crippen molar-refractivity contribution >= 4 is 5.97 Å². The van der Waals surface area contributed by atoms with Gasteiger partial charge in [0.15, 0.2) is 0 Å². The second kappa shape index (κ2) is 6.08. The van der Waals surface area contributed by atoms with Crippen molar-refractivity contribution in [3.63, 3.8) is 0 Å². The van der Waals surface area contributed by atoms with Gasteiger partial charge in [-0.3, -0.25) is 0 Å². The molecule has 1 N–H and O–H groups in total. The van der Waals surface area contributed by atoms with E-state index in [0.717, 1.165) is 5.56 Å². The van der Waals surface area contributed by atoms with E-state index >= 15 is 0 Å². The summed E-state index contributed by atoms with van der Waals surface area (Å²) in [7, 11) is 0. The third kappa shape index (κ3) is 4.28. The molecule has 1 aromatic carbocycles. The summed E-state index contributed by atoms with van der Waals surface area (Å²) in [6.45, 7) is 3.88. The summed E-state index contributed by atoms with van der Waals surface area (Å²) in [4.78, 5) is 10.6.